The summed E-state index contributed by atoms with van der Waals surface area (Å²) < 4.78 is 5.88. The number of fused-ring (bicyclic) bond motifs is 1. The molecule has 1 heterocycles. The van der Waals surface area contributed by atoms with Crippen molar-refractivity contribution in [3.63, 3.8) is 0 Å². The molecule has 3 atom stereocenters. The van der Waals surface area contributed by atoms with Crippen LogP contribution in [0, 0.1) is 0 Å². The third-order valence-electron chi connectivity index (χ3n) is 4.42. The smallest absolute Gasteiger partial charge is 0.0731 e. The predicted octanol–water partition coefficient (Wildman–Crippen LogP) is 3.25. The van der Waals surface area contributed by atoms with Crippen molar-refractivity contribution < 1.29 is 4.74 Å². The van der Waals surface area contributed by atoms with E-state index in [1.54, 1.807) is 6.07 Å². The molecule has 1 aromatic rings. The normalized spacial score (nSPS) is 28.4. The van der Waals surface area contributed by atoms with Crippen molar-refractivity contribution in [2.45, 2.75) is 37.5 Å². The number of hydrogen-bond acceptors (Lipinski definition) is 3. The molecule has 1 saturated heterocycles. The van der Waals surface area contributed by atoms with Gasteiger partial charge in [0.2, 0.25) is 0 Å². The van der Waals surface area contributed by atoms with E-state index in [2.05, 4.69) is 4.90 Å². The molecule has 3 nitrogen and oxygen atoms in total. The molecule has 2 fully saturated rings. The lowest BCUT2D eigenvalue weighted by atomic mass is 10.0. The molecule has 2 N–H and O–H groups in total. The Labute approximate surface area is 130 Å². The van der Waals surface area contributed by atoms with E-state index in [1.807, 2.05) is 12.1 Å². The third-order valence-corrected chi connectivity index (χ3v) is 4.85. The minimum atomic E-state index is 0.167. The van der Waals surface area contributed by atoms with Gasteiger partial charge in [-0.1, -0.05) is 23.2 Å². The second-order valence-electron chi connectivity index (χ2n) is 5.60. The standard InChI is InChI=1S/C15H20Cl2N2O/c16-11-6-10(7-12(17)8-11)14(9-18)19-4-5-20-15-3-1-2-13(15)19/h6-8,13-15H,1-5,9,18H2. The zero-order valence-electron chi connectivity index (χ0n) is 11.4. The Hall–Kier alpha value is -0.320. The molecule has 20 heavy (non-hydrogen) atoms. The first-order chi connectivity index (χ1) is 9.69. The fourth-order valence-electron chi connectivity index (χ4n) is 3.57. The van der Waals surface area contributed by atoms with Crippen LogP contribution in [0.15, 0.2) is 18.2 Å². The van der Waals surface area contributed by atoms with Crippen molar-refractivity contribution in [2.75, 3.05) is 19.7 Å². The zero-order valence-corrected chi connectivity index (χ0v) is 12.9. The first-order valence-corrected chi connectivity index (χ1v) is 7.98. The molecule has 0 radical (unpaired) electrons. The van der Waals surface area contributed by atoms with Gasteiger partial charge in [-0.3, -0.25) is 4.90 Å². The van der Waals surface area contributed by atoms with Gasteiger partial charge < -0.3 is 10.5 Å². The van der Waals surface area contributed by atoms with E-state index in [0.717, 1.165) is 25.1 Å². The fourth-order valence-corrected chi connectivity index (χ4v) is 4.12. The molecule has 0 spiro atoms. The van der Waals surface area contributed by atoms with Gasteiger partial charge in [-0.15, -0.1) is 0 Å². The van der Waals surface area contributed by atoms with Gasteiger partial charge in [-0.2, -0.15) is 0 Å². The predicted molar refractivity (Wildman–Crippen MR) is 82.3 cm³/mol. The van der Waals surface area contributed by atoms with Crippen LogP contribution < -0.4 is 5.73 Å². The van der Waals surface area contributed by atoms with Gasteiger partial charge in [0.25, 0.3) is 0 Å². The highest BCUT2D eigenvalue weighted by Gasteiger charge is 2.39. The summed E-state index contributed by atoms with van der Waals surface area (Å²) in [5.41, 5.74) is 7.16. The molecule has 0 aromatic heterocycles. The van der Waals surface area contributed by atoms with Crippen LogP contribution in [0.4, 0.5) is 0 Å². The molecule has 5 heteroatoms. The summed E-state index contributed by atoms with van der Waals surface area (Å²) in [5.74, 6) is 0. The molecule has 0 amide bonds. The first kappa shape index (κ1) is 14.6. The number of nitrogens with two attached hydrogens (primary N) is 1. The number of halogens is 2. The van der Waals surface area contributed by atoms with Crippen molar-refractivity contribution in [1.29, 1.82) is 0 Å². The maximum absolute atomic E-state index is 6.13. The number of benzene rings is 1. The summed E-state index contributed by atoms with van der Waals surface area (Å²) in [6, 6.07) is 6.36. The molecule has 1 aliphatic carbocycles. The summed E-state index contributed by atoms with van der Waals surface area (Å²) in [5, 5.41) is 1.34. The molecule has 1 aliphatic heterocycles. The van der Waals surface area contributed by atoms with E-state index >= 15 is 0 Å². The van der Waals surface area contributed by atoms with Gasteiger partial charge in [-0.05, 0) is 43.0 Å². The average molecular weight is 315 g/mol. The Morgan fingerprint density at radius 1 is 1.25 bits per heavy atom. The van der Waals surface area contributed by atoms with E-state index in [0.29, 0.717) is 28.7 Å². The molecule has 0 bridgehead atoms. The SMILES string of the molecule is NCC(c1cc(Cl)cc(Cl)c1)N1CCOC2CCCC21. The third kappa shape index (κ3) is 2.83. The van der Waals surface area contributed by atoms with Crippen molar-refractivity contribution >= 4 is 23.2 Å². The molecule has 3 unspecified atom stereocenters. The van der Waals surface area contributed by atoms with Crippen LogP contribution >= 0.6 is 23.2 Å². The molecular weight excluding hydrogens is 295 g/mol. The summed E-state index contributed by atoms with van der Waals surface area (Å²) in [4.78, 5) is 2.49. The number of nitrogens with zero attached hydrogens (tertiary/aromatic N) is 1. The van der Waals surface area contributed by atoms with E-state index in [9.17, 15) is 0 Å². The van der Waals surface area contributed by atoms with Gasteiger partial charge >= 0.3 is 0 Å². The van der Waals surface area contributed by atoms with E-state index in [1.165, 1.54) is 12.8 Å². The second kappa shape index (κ2) is 6.20. The largest absolute Gasteiger partial charge is 0.375 e. The van der Waals surface area contributed by atoms with Crippen LogP contribution in [0.25, 0.3) is 0 Å². The molecule has 3 rings (SSSR count). The van der Waals surface area contributed by atoms with Gasteiger partial charge in [0.1, 0.15) is 0 Å². The van der Waals surface area contributed by atoms with Crippen LogP contribution in [0.3, 0.4) is 0 Å². The highest BCUT2D eigenvalue weighted by atomic mass is 35.5. The minimum absolute atomic E-state index is 0.167. The maximum Gasteiger partial charge on any atom is 0.0731 e. The Morgan fingerprint density at radius 2 is 2.00 bits per heavy atom. The number of morpholine rings is 1. The van der Waals surface area contributed by atoms with Crippen molar-refractivity contribution in [2.24, 2.45) is 5.73 Å². The van der Waals surface area contributed by atoms with Crippen molar-refractivity contribution in [3.8, 4) is 0 Å². The van der Waals surface area contributed by atoms with Gasteiger partial charge in [0.15, 0.2) is 0 Å². The Kier molecular flexibility index (Phi) is 4.53. The quantitative estimate of drug-likeness (QED) is 0.930. The van der Waals surface area contributed by atoms with Crippen LogP contribution in [-0.2, 0) is 4.74 Å². The lowest BCUT2D eigenvalue weighted by molar-refractivity contribution is -0.0711. The highest BCUT2D eigenvalue weighted by molar-refractivity contribution is 6.34. The maximum atomic E-state index is 6.13. The van der Waals surface area contributed by atoms with Gasteiger partial charge in [0.05, 0.1) is 12.7 Å². The summed E-state index contributed by atoms with van der Waals surface area (Å²) >= 11 is 12.3. The van der Waals surface area contributed by atoms with E-state index in [-0.39, 0.29) is 6.04 Å². The number of hydrogen-bond donors (Lipinski definition) is 1. The monoisotopic (exact) mass is 314 g/mol. The summed E-state index contributed by atoms with van der Waals surface area (Å²) in [7, 11) is 0. The zero-order chi connectivity index (χ0) is 14.1. The van der Waals surface area contributed by atoms with E-state index in [4.69, 9.17) is 33.7 Å². The molecule has 2 aliphatic rings. The molecule has 1 aromatic carbocycles. The van der Waals surface area contributed by atoms with Crippen LogP contribution in [0.2, 0.25) is 10.0 Å². The Morgan fingerprint density at radius 3 is 2.70 bits per heavy atom. The number of ether oxygens (including phenoxy) is 1. The number of rotatable bonds is 3. The van der Waals surface area contributed by atoms with Crippen LogP contribution in [0.5, 0.6) is 0 Å². The van der Waals surface area contributed by atoms with Crippen LogP contribution in [-0.4, -0.2) is 36.7 Å². The highest BCUT2D eigenvalue weighted by Crippen LogP contribution is 2.36. The topological polar surface area (TPSA) is 38.5 Å². The second-order valence-corrected chi connectivity index (χ2v) is 6.47. The minimum Gasteiger partial charge on any atom is -0.375 e. The molecule has 110 valence electrons. The Balaban J connectivity index is 1.88. The average Bonchev–Trinajstić information content (AvgIpc) is 2.87. The lowest BCUT2D eigenvalue weighted by Gasteiger charge is -2.42. The van der Waals surface area contributed by atoms with Gasteiger partial charge in [0, 0.05) is 35.2 Å². The van der Waals surface area contributed by atoms with Crippen molar-refractivity contribution in [3.05, 3.63) is 33.8 Å². The summed E-state index contributed by atoms with van der Waals surface area (Å²) in [6.07, 6.45) is 3.95. The van der Waals surface area contributed by atoms with Gasteiger partial charge in [-0.25, -0.2) is 0 Å². The van der Waals surface area contributed by atoms with Crippen LogP contribution in [0.1, 0.15) is 30.9 Å². The van der Waals surface area contributed by atoms with Crippen molar-refractivity contribution in [1.82, 2.24) is 4.90 Å². The summed E-state index contributed by atoms with van der Waals surface area (Å²) in [6.45, 7) is 2.28. The Bertz CT molecular complexity index is 463. The van der Waals surface area contributed by atoms with E-state index < -0.39 is 0 Å². The first-order valence-electron chi connectivity index (χ1n) is 7.22. The molecule has 1 saturated carbocycles. The lowest BCUT2D eigenvalue weighted by Crippen LogP contribution is -2.51. The molecular formula is C15H20Cl2N2O. The fraction of sp³-hybridized carbons (Fsp3) is 0.600.